The van der Waals surface area contributed by atoms with Gasteiger partial charge in [0.25, 0.3) is 5.91 Å². The summed E-state index contributed by atoms with van der Waals surface area (Å²) >= 11 is 13.7. The number of fused-ring (bicyclic) bond motifs is 1. The SMILES string of the molecule is O=C(Nc1cccc(-c2nn3cnnc3s2)c1)c1ccc(-c2cc(Cl)ccc2Cl)o1. The Bertz CT molecular complexity index is 1360. The largest absolute Gasteiger partial charge is 0.451 e. The van der Waals surface area contributed by atoms with Gasteiger partial charge in [0.1, 0.15) is 17.1 Å². The first-order valence-corrected chi connectivity index (χ1v) is 10.3. The van der Waals surface area contributed by atoms with Gasteiger partial charge in [0, 0.05) is 21.8 Å². The Morgan fingerprint density at radius 2 is 2.00 bits per heavy atom. The highest BCUT2D eigenvalue weighted by molar-refractivity contribution is 7.19. The standard InChI is InChI=1S/C20H11Cl2N5O2S/c21-12-4-5-15(22)14(9-12)16-6-7-17(29-16)18(28)24-13-3-1-2-11(8-13)19-26-27-10-23-25-20(27)30-19/h1-10H,(H,24,28). The lowest BCUT2D eigenvalue weighted by atomic mass is 10.2. The molecular weight excluding hydrogens is 445 g/mol. The maximum Gasteiger partial charge on any atom is 0.291 e. The molecule has 0 bridgehead atoms. The molecule has 0 aliphatic rings. The monoisotopic (exact) mass is 455 g/mol. The first-order chi connectivity index (χ1) is 14.6. The van der Waals surface area contributed by atoms with Gasteiger partial charge in [-0.05, 0) is 42.5 Å². The van der Waals surface area contributed by atoms with Gasteiger partial charge in [0.15, 0.2) is 5.76 Å². The van der Waals surface area contributed by atoms with Crippen LogP contribution in [0.4, 0.5) is 5.69 Å². The van der Waals surface area contributed by atoms with Crippen molar-refractivity contribution in [2.45, 2.75) is 0 Å². The van der Waals surface area contributed by atoms with Gasteiger partial charge in [-0.3, -0.25) is 4.79 Å². The second kappa shape index (κ2) is 7.56. The van der Waals surface area contributed by atoms with Crippen LogP contribution in [0.5, 0.6) is 0 Å². The summed E-state index contributed by atoms with van der Waals surface area (Å²) in [5.74, 6) is 0.237. The molecule has 0 unspecified atom stereocenters. The number of aromatic nitrogens is 4. The summed E-state index contributed by atoms with van der Waals surface area (Å²) in [6.07, 6.45) is 1.54. The molecule has 5 aromatic rings. The minimum atomic E-state index is -0.380. The number of furan rings is 1. The number of anilines is 1. The Kier molecular flexibility index (Phi) is 4.74. The maximum absolute atomic E-state index is 12.7. The third-order valence-corrected chi connectivity index (χ3v) is 5.80. The van der Waals surface area contributed by atoms with Crippen LogP contribution in [0.25, 0.3) is 26.9 Å². The zero-order valence-corrected chi connectivity index (χ0v) is 17.4. The van der Waals surface area contributed by atoms with E-state index in [1.54, 1.807) is 47.2 Å². The van der Waals surface area contributed by atoms with Crippen molar-refractivity contribution in [3.05, 3.63) is 76.7 Å². The lowest BCUT2D eigenvalue weighted by molar-refractivity contribution is 0.0997. The van der Waals surface area contributed by atoms with E-state index in [0.717, 1.165) is 10.6 Å². The second-order valence-corrected chi connectivity index (χ2v) is 8.09. The fourth-order valence-electron chi connectivity index (χ4n) is 2.89. The molecule has 10 heteroatoms. The molecule has 5 rings (SSSR count). The second-order valence-electron chi connectivity index (χ2n) is 6.29. The van der Waals surface area contributed by atoms with Crippen LogP contribution in [0.2, 0.25) is 10.0 Å². The molecule has 0 aliphatic heterocycles. The van der Waals surface area contributed by atoms with Crippen LogP contribution in [-0.4, -0.2) is 25.7 Å². The van der Waals surface area contributed by atoms with E-state index < -0.39 is 0 Å². The quantitative estimate of drug-likeness (QED) is 0.377. The minimum Gasteiger partial charge on any atom is -0.451 e. The molecule has 0 saturated heterocycles. The fraction of sp³-hybridized carbons (Fsp3) is 0. The number of carbonyl (C=O) groups excluding carboxylic acids is 1. The van der Waals surface area contributed by atoms with E-state index in [0.29, 0.717) is 32.0 Å². The molecule has 0 radical (unpaired) electrons. The van der Waals surface area contributed by atoms with Crippen molar-refractivity contribution in [1.82, 2.24) is 19.8 Å². The van der Waals surface area contributed by atoms with Crippen molar-refractivity contribution in [2.24, 2.45) is 0 Å². The molecule has 0 fully saturated rings. The van der Waals surface area contributed by atoms with Crippen LogP contribution in [0.1, 0.15) is 10.6 Å². The van der Waals surface area contributed by atoms with Crippen LogP contribution in [0, 0.1) is 0 Å². The summed E-state index contributed by atoms with van der Waals surface area (Å²) < 4.78 is 7.31. The van der Waals surface area contributed by atoms with Crippen LogP contribution < -0.4 is 5.32 Å². The van der Waals surface area contributed by atoms with E-state index in [2.05, 4.69) is 20.6 Å². The number of rotatable bonds is 4. The van der Waals surface area contributed by atoms with Crippen molar-refractivity contribution >= 4 is 51.1 Å². The van der Waals surface area contributed by atoms with Crippen LogP contribution in [0.3, 0.4) is 0 Å². The molecule has 0 spiro atoms. The Morgan fingerprint density at radius 1 is 1.10 bits per heavy atom. The molecule has 148 valence electrons. The Balaban J connectivity index is 1.38. The number of benzene rings is 2. The van der Waals surface area contributed by atoms with Gasteiger partial charge in [0.05, 0.1) is 5.02 Å². The molecule has 3 heterocycles. The smallest absolute Gasteiger partial charge is 0.291 e. The molecular formula is C20H11Cl2N5O2S. The predicted molar refractivity (Wildman–Crippen MR) is 116 cm³/mol. The van der Waals surface area contributed by atoms with E-state index in [1.807, 2.05) is 18.2 Å². The number of amides is 1. The van der Waals surface area contributed by atoms with E-state index in [-0.39, 0.29) is 11.7 Å². The van der Waals surface area contributed by atoms with Gasteiger partial charge in [-0.15, -0.1) is 10.2 Å². The lowest BCUT2D eigenvalue weighted by Gasteiger charge is -2.05. The average molecular weight is 456 g/mol. The first kappa shape index (κ1) is 18.8. The Hall–Kier alpha value is -3.20. The maximum atomic E-state index is 12.7. The fourth-order valence-corrected chi connectivity index (χ4v) is 4.09. The molecule has 2 aromatic carbocycles. The number of hydrogen-bond donors (Lipinski definition) is 1. The van der Waals surface area contributed by atoms with Gasteiger partial charge in [-0.2, -0.15) is 9.61 Å². The van der Waals surface area contributed by atoms with Gasteiger partial charge < -0.3 is 9.73 Å². The Labute approximate surface area is 183 Å². The number of nitrogens with zero attached hydrogens (tertiary/aromatic N) is 4. The Morgan fingerprint density at radius 3 is 2.87 bits per heavy atom. The summed E-state index contributed by atoms with van der Waals surface area (Å²) in [5.41, 5.74) is 2.09. The minimum absolute atomic E-state index is 0.158. The number of nitrogens with one attached hydrogen (secondary N) is 1. The van der Waals surface area contributed by atoms with E-state index in [4.69, 9.17) is 27.6 Å². The van der Waals surface area contributed by atoms with Crippen LogP contribution >= 0.6 is 34.5 Å². The van der Waals surface area contributed by atoms with Crippen molar-refractivity contribution in [3.63, 3.8) is 0 Å². The predicted octanol–water partition coefficient (Wildman–Crippen LogP) is 5.67. The molecule has 3 aromatic heterocycles. The molecule has 0 atom stereocenters. The first-order valence-electron chi connectivity index (χ1n) is 8.71. The lowest BCUT2D eigenvalue weighted by Crippen LogP contribution is -2.10. The number of halogens is 2. The van der Waals surface area contributed by atoms with E-state index in [1.165, 1.54) is 11.3 Å². The zero-order valence-electron chi connectivity index (χ0n) is 15.0. The average Bonchev–Trinajstić information content (AvgIpc) is 3.46. The zero-order chi connectivity index (χ0) is 20.7. The normalized spacial score (nSPS) is 11.1. The third kappa shape index (κ3) is 3.56. The molecule has 1 N–H and O–H groups in total. The highest BCUT2D eigenvalue weighted by Crippen LogP contribution is 2.32. The number of hydrogen-bond acceptors (Lipinski definition) is 6. The van der Waals surface area contributed by atoms with Crippen LogP contribution in [-0.2, 0) is 0 Å². The van der Waals surface area contributed by atoms with Gasteiger partial charge in [0.2, 0.25) is 4.96 Å². The molecule has 30 heavy (non-hydrogen) atoms. The highest BCUT2D eigenvalue weighted by atomic mass is 35.5. The van der Waals surface area contributed by atoms with E-state index in [9.17, 15) is 4.79 Å². The third-order valence-electron chi connectivity index (χ3n) is 4.28. The van der Waals surface area contributed by atoms with Gasteiger partial charge in [-0.25, -0.2) is 0 Å². The van der Waals surface area contributed by atoms with Crippen molar-refractivity contribution in [1.29, 1.82) is 0 Å². The summed E-state index contributed by atoms with van der Waals surface area (Å²) in [5, 5.41) is 16.8. The van der Waals surface area contributed by atoms with E-state index >= 15 is 0 Å². The topological polar surface area (TPSA) is 85.3 Å². The molecule has 0 aliphatic carbocycles. The van der Waals surface area contributed by atoms with Crippen molar-refractivity contribution in [2.75, 3.05) is 5.32 Å². The summed E-state index contributed by atoms with van der Waals surface area (Å²) in [6, 6.07) is 15.7. The molecule has 1 amide bonds. The highest BCUT2D eigenvalue weighted by Gasteiger charge is 2.15. The summed E-state index contributed by atoms with van der Waals surface area (Å²) in [6.45, 7) is 0. The number of carbonyl (C=O) groups is 1. The van der Waals surface area contributed by atoms with Crippen molar-refractivity contribution < 1.29 is 9.21 Å². The van der Waals surface area contributed by atoms with Gasteiger partial charge >= 0.3 is 0 Å². The molecule has 7 nitrogen and oxygen atoms in total. The van der Waals surface area contributed by atoms with Crippen molar-refractivity contribution in [3.8, 4) is 21.9 Å². The van der Waals surface area contributed by atoms with Crippen LogP contribution in [0.15, 0.2) is 65.3 Å². The molecule has 0 saturated carbocycles. The summed E-state index contributed by atoms with van der Waals surface area (Å²) in [7, 11) is 0. The van der Waals surface area contributed by atoms with Gasteiger partial charge in [-0.1, -0.05) is 46.7 Å². The summed E-state index contributed by atoms with van der Waals surface area (Å²) in [4.78, 5) is 13.4.